The molecule has 0 aliphatic rings. The van der Waals surface area contributed by atoms with E-state index in [2.05, 4.69) is 32.9 Å². The molecular formula is C18H24F3IN4S. The number of benzene rings is 1. The molecule has 0 saturated heterocycles. The highest BCUT2D eigenvalue weighted by atomic mass is 127. The lowest BCUT2D eigenvalue weighted by atomic mass is 10.1. The molecule has 2 rings (SSSR count). The Morgan fingerprint density at radius 1 is 1.15 bits per heavy atom. The van der Waals surface area contributed by atoms with Gasteiger partial charge in [-0.2, -0.15) is 13.2 Å². The van der Waals surface area contributed by atoms with Crippen molar-refractivity contribution in [2.45, 2.75) is 39.4 Å². The maximum atomic E-state index is 12.6. The highest BCUT2D eigenvalue weighted by Gasteiger charge is 2.29. The minimum absolute atomic E-state index is 0. The Morgan fingerprint density at radius 3 is 2.41 bits per heavy atom. The molecular weight excluding hydrogens is 488 g/mol. The van der Waals surface area contributed by atoms with E-state index >= 15 is 0 Å². The van der Waals surface area contributed by atoms with Crippen LogP contribution in [0.15, 0.2) is 34.6 Å². The maximum Gasteiger partial charge on any atom is 0.416 e. The summed E-state index contributed by atoms with van der Waals surface area (Å²) in [6, 6.07) is 5.08. The summed E-state index contributed by atoms with van der Waals surface area (Å²) in [7, 11) is 0. The Kier molecular flexibility index (Phi) is 10.1. The van der Waals surface area contributed by atoms with Crippen LogP contribution < -0.4 is 10.6 Å². The van der Waals surface area contributed by atoms with Crippen LogP contribution in [0.5, 0.6) is 0 Å². The number of hydrogen-bond acceptors (Lipinski definition) is 3. The minimum Gasteiger partial charge on any atom is -0.357 e. The van der Waals surface area contributed by atoms with Crippen LogP contribution in [0, 0.1) is 0 Å². The van der Waals surface area contributed by atoms with Crippen molar-refractivity contribution in [3.63, 3.8) is 0 Å². The highest BCUT2D eigenvalue weighted by molar-refractivity contribution is 14.0. The number of aryl methyl sites for hydroxylation is 1. The van der Waals surface area contributed by atoms with E-state index in [4.69, 9.17) is 0 Å². The van der Waals surface area contributed by atoms with Crippen molar-refractivity contribution in [2.24, 2.45) is 4.99 Å². The van der Waals surface area contributed by atoms with E-state index in [9.17, 15) is 13.2 Å². The van der Waals surface area contributed by atoms with Gasteiger partial charge in [0.25, 0.3) is 0 Å². The third kappa shape index (κ3) is 8.04. The van der Waals surface area contributed by atoms with Crippen LogP contribution in [0.1, 0.15) is 35.7 Å². The summed E-state index contributed by atoms with van der Waals surface area (Å²) in [4.78, 5) is 8.94. The van der Waals surface area contributed by atoms with Gasteiger partial charge in [-0.3, -0.25) is 0 Å². The molecule has 9 heteroatoms. The summed E-state index contributed by atoms with van der Waals surface area (Å²) in [5.41, 5.74) is 1.13. The van der Waals surface area contributed by atoms with Crippen LogP contribution in [-0.2, 0) is 25.6 Å². The zero-order valence-electron chi connectivity index (χ0n) is 15.3. The van der Waals surface area contributed by atoms with E-state index in [-0.39, 0.29) is 24.0 Å². The fourth-order valence-corrected chi connectivity index (χ4v) is 3.03. The molecule has 0 aliphatic heterocycles. The lowest BCUT2D eigenvalue weighted by molar-refractivity contribution is -0.137. The Hall–Kier alpha value is -1.36. The molecule has 0 fully saturated rings. The zero-order chi connectivity index (χ0) is 19.0. The van der Waals surface area contributed by atoms with Crippen molar-refractivity contribution in [3.8, 4) is 0 Å². The molecule has 1 heterocycles. The number of guanidine groups is 1. The molecule has 0 unspecified atom stereocenters. The summed E-state index contributed by atoms with van der Waals surface area (Å²) in [6.45, 7) is 5.74. The smallest absolute Gasteiger partial charge is 0.357 e. The average molecular weight is 512 g/mol. The van der Waals surface area contributed by atoms with Crippen molar-refractivity contribution >= 4 is 41.3 Å². The first-order valence-electron chi connectivity index (χ1n) is 8.54. The number of halogens is 4. The summed E-state index contributed by atoms with van der Waals surface area (Å²) in [5, 5.41) is 9.55. The van der Waals surface area contributed by atoms with E-state index in [1.807, 2.05) is 6.92 Å². The van der Waals surface area contributed by atoms with Gasteiger partial charge in [-0.1, -0.05) is 19.1 Å². The van der Waals surface area contributed by atoms with Crippen molar-refractivity contribution in [1.29, 1.82) is 0 Å². The first-order chi connectivity index (χ1) is 12.4. The van der Waals surface area contributed by atoms with Crippen molar-refractivity contribution < 1.29 is 13.2 Å². The lowest BCUT2D eigenvalue weighted by Crippen LogP contribution is -2.38. The Labute approximate surface area is 178 Å². The fourth-order valence-electron chi connectivity index (χ4n) is 2.25. The Balaban J connectivity index is 0.00000364. The number of rotatable bonds is 7. The predicted octanol–water partition coefficient (Wildman–Crippen LogP) is 4.64. The van der Waals surface area contributed by atoms with Crippen LogP contribution in [0.25, 0.3) is 0 Å². The van der Waals surface area contributed by atoms with Crippen molar-refractivity contribution in [1.82, 2.24) is 15.6 Å². The molecule has 1 aromatic carbocycles. The van der Waals surface area contributed by atoms with Gasteiger partial charge in [0.15, 0.2) is 5.96 Å². The Morgan fingerprint density at radius 2 is 1.85 bits per heavy atom. The van der Waals surface area contributed by atoms with Gasteiger partial charge in [0.2, 0.25) is 0 Å². The molecule has 0 spiro atoms. The molecule has 2 aromatic rings. The molecule has 0 radical (unpaired) electrons. The van der Waals surface area contributed by atoms with E-state index in [1.165, 1.54) is 12.1 Å². The number of aliphatic imine (C=N–C) groups is 1. The average Bonchev–Trinajstić information content (AvgIpc) is 3.07. The lowest BCUT2D eigenvalue weighted by Gasteiger charge is -2.11. The monoisotopic (exact) mass is 512 g/mol. The standard InChI is InChI=1S/C18H23F3N4S.HI/c1-3-16-25-15(12-26-16)9-10-23-17(22-4-2)24-11-13-5-7-14(8-6-13)18(19,20)21;/h5-8,12H,3-4,9-11H2,1-2H3,(H2,22,23,24);1H. The molecule has 4 nitrogen and oxygen atoms in total. The summed E-state index contributed by atoms with van der Waals surface area (Å²) in [6.07, 6.45) is -2.58. The molecule has 27 heavy (non-hydrogen) atoms. The van der Waals surface area contributed by atoms with Crippen LogP contribution in [-0.4, -0.2) is 24.0 Å². The summed E-state index contributed by atoms with van der Waals surface area (Å²) >= 11 is 1.66. The largest absolute Gasteiger partial charge is 0.416 e. The first kappa shape index (κ1) is 23.7. The van der Waals surface area contributed by atoms with E-state index < -0.39 is 11.7 Å². The number of nitrogens with one attached hydrogen (secondary N) is 2. The molecule has 0 aliphatic carbocycles. The molecule has 150 valence electrons. The second-order valence-electron chi connectivity index (χ2n) is 5.65. The second kappa shape index (κ2) is 11.5. The SMILES string of the molecule is CCNC(=NCc1ccc(C(F)(F)F)cc1)NCCc1csc(CC)n1.I. The molecule has 2 N–H and O–H groups in total. The van der Waals surface area contributed by atoms with Gasteiger partial charge in [-0.25, -0.2) is 9.98 Å². The number of thiazole rings is 1. The number of alkyl halides is 3. The number of hydrogen-bond donors (Lipinski definition) is 2. The number of aromatic nitrogens is 1. The first-order valence-corrected chi connectivity index (χ1v) is 9.42. The van der Waals surface area contributed by atoms with Gasteiger partial charge in [0.05, 0.1) is 22.8 Å². The molecule has 0 amide bonds. The predicted molar refractivity (Wildman–Crippen MR) is 115 cm³/mol. The maximum absolute atomic E-state index is 12.6. The molecule has 0 bridgehead atoms. The Bertz CT molecular complexity index is 714. The van der Waals surface area contributed by atoms with Gasteiger partial charge >= 0.3 is 6.18 Å². The molecule has 0 atom stereocenters. The zero-order valence-corrected chi connectivity index (χ0v) is 18.4. The van der Waals surface area contributed by atoms with Crippen LogP contribution in [0.4, 0.5) is 13.2 Å². The quantitative estimate of drug-likeness (QED) is 0.323. The normalized spacial score (nSPS) is 11.8. The highest BCUT2D eigenvalue weighted by Crippen LogP contribution is 2.29. The summed E-state index contributed by atoms with van der Waals surface area (Å²) < 4.78 is 37.8. The molecule has 1 aromatic heterocycles. The minimum atomic E-state index is -4.31. The van der Waals surface area contributed by atoms with Gasteiger partial charge in [-0.15, -0.1) is 35.3 Å². The molecule has 0 saturated carbocycles. The van der Waals surface area contributed by atoms with Crippen LogP contribution in [0.2, 0.25) is 0 Å². The van der Waals surface area contributed by atoms with E-state index in [0.717, 1.165) is 41.2 Å². The van der Waals surface area contributed by atoms with Gasteiger partial charge in [-0.05, 0) is 31.0 Å². The van der Waals surface area contributed by atoms with Crippen LogP contribution >= 0.6 is 35.3 Å². The van der Waals surface area contributed by atoms with Gasteiger partial charge in [0, 0.05) is 24.9 Å². The van der Waals surface area contributed by atoms with Crippen molar-refractivity contribution in [2.75, 3.05) is 13.1 Å². The fraction of sp³-hybridized carbons (Fsp3) is 0.444. The van der Waals surface area contributed by atoms with Gasteiger partial charge in [0.1, 0.15) is 0 Å². The van der Waals surface area contributed by atoms with E-state index in [1.54, 1.807) is 11.3 Å². The van der Waals surface area contributed by atoms with Crippen LogP contribution in [0.3, 0.4) is 0 Å². The van der Waals surface area contributed by atoms with E-state index in [0.29, 0.717) is 25.6 Å². The van der Waals surface area contributed by atoms with Crippen molar-refractivity contribution in [3.05, 3.63) is 51.5 Å². The second-order valence-corrected chi connectivity index (χ2v) is 6.60. The van der Waals surface area contributed by atoms with Gasteiger partial charge < -0.3 is 10.6 Å². The third-order valence-electron chi connectivity index (χ3n) is 3.62. The third-order valence-corrected chi connectivity index (χ3v) is 4.66. The summed E-state index contributed by atoms with van der Waals surface area (Å²) in [5.74, 6) is 0.637. The topological polar surface area (TPSA) is 49.3 Å². The number of nitrogens with zero attached hydrogens (tertiary/aromatic N) is 2.